The zero-order valence-corrected chi connectivity index (χ0v) is 18.1. The van der Waals surface area contributed by atoms with Crippen molar-refractivity contribution in [3.63, 3.8) is 0 Å². The van der Waals surface area contributed by atoms with Gasteiger partial charge in [-0.1, -0.05) is 11.6 Å². The lowest BCUT2D eigenvalue weighted by Gasteiger charge is -2.14. The highest BCUT2D eigenvalue weighted by Gasteiger charge is 2.21. The average Bonchev–Trinajstić information content (AvgIpc) is 3.45. The molecule has 0 fully saturated rings. The molecule has 0 saturated heterocycles. The van der Waals surface area contributed by atoms with Crippen LogP contribution >= 0.6 is 22.9 Å². The molecule has 0 radical (unpaired) electrons. The van der Waals surface area contributed by atoms with Crippen molar-refractivity contribution in [1.82, 2.24) is 15.2 Å². The van der Waals surface area contributed by atoms with Gasteiger partial charge in [0.05, 0.1) is 16.0 Å². The summed E-state index contributed by atoms with van der Waals surface area (Å²) in [5.41, 5.74) is 1.14. The van der Waals surface area contributed by atoms with Gasteiger partial charge in [-0.2, -0.15) is 5.26 Å². The molecule has 0 spiro atoms. The van der Waals surface area contributed by atoms with Gasteiger partial charge >= 0.3 is 0 Å². The van der Waals surface area contributed by atoms with Crippen LogP contribution in [0, 0.1) is 18.3 Å². The lowest BCUT2D eigenvalue weighted by molar-refractivity contribution is 0.477. The third-order valence-electron chi connectivity index (χ3n) is 4.19. The number of rotatable bonds is 6. The molecule has 12 heteroatoms. The maximum Gasteiger partial charge on any atom is 0.263 e. The number of aromatic nitrogens is 3. The van der Waals surface area contributed by atoms with Crippen LogP contribution in [0.25, 0.3) is 11.5 Å². The van der Waals surface area contributed by atoms with Crippen LogP contribution in [0.2, 0.25) is 5.02 Å². The summed E-state index contributed by atoms with van der Waals surface area (Å²) in [6.07, 6.45) is 2.66. The molecule has 2 aromatic heterocycles. The molecule has 31 heavy (non-hydrogen) atoms. The largest absolute Gasteiger partial charge is 0.455 e. The molecular formula is C19H12ClN5O4S2. The minimum atomic E-state index is -3.92. The Morgan fingerprint density at radius 2 is 2.06 bits per heavy atom. The van der Waals surface area contributed by atoms with Gasteiger partial charge in [-0.05, 0) is 42.8 Å². The molecular weight excluding hydrogens is 462 g/mol. The molecule has 9 nitrogen and oxygen atoms in total. The summed E-state index contributed by atoms with van der Waals surface area (Å²) in [5, 5.41) is 19.5. The molecule has 4 aromatic rings. The summed E-state index contributed by atoms with van der Waals surface area (Å²) < 4.78 is 38.8. The molecule has 0 amide bonds. The molecule has 0 bridgehead atoms. The molecule has 0 aliphatic heterocycles. The maximum atomic E-state index is 12.6. The smallest absolute Gasteiger partial charge is 0.263 e. The van der Waals surface area contributed by atoms with Crippen molar-refractivity contribution in [3.05, 3.63) is 64.5 Å². The summed E-state index contributed by atoms with van der Waals surface area (Å²) in [6.45, 7) is 1.76. The van der Waals surface area contributed by atoms with Crippen molar-refractivity contribution >= 4 is 38.1 Å². The fourth-order valence-corrected chi connectivity index (χ4v) is 4.69. The van der Waals surface area contributed by atoms with Crippen molar-refractivity contribution in [1.29, 1.82) is 5.26 Å². The lowest BCUT2D eigenvalue weighted by Crippen LogP contribution is -2.13. The maximum absolute atomic E-state index is 12.6. The number of halogens is 1. The molecule has 0 unspecified atom stereocenters. The number of nitriles is 1. The molecule has 2 aromatic carbocycles. The first kappa shape index (κ1) is 20.8. The predicted molar refractivity (Wildman–Crippen MR) is 114 cm³/mol. The first-order chi connectivity index (χ1) is 14.9. The SMILES string of the molecule is Cc1c(Cl)ccc(Oc2ccc(S(=O)(=O)Nc3nccs3)cc2C#N)c1-c1nnco1. The van der Waals surface area contributed by atoms with Crippen molar-refractivity contribution in [2.45, 2.75) is 11.8 Å². The van der Waals surface area contributed by atoms with Crippen molar-refractivity contribution in [3.8, 4) is 29.0 Å². The van der Waals surface area contributed by atoms with E-state index in [1.54, 1.807) is 24.4 Å². The minimum Gasteiger partial charge on any atom is -0.455 e. The number of ether oxygens (including phenoxy) is 1. The molecule has 0 saturated carbocycles. The van der Waals surface area contributed by atoms with Crippen molar-refractivity contribution in [2.75, 3.05) is 4.72 Å². The van der Waals surface area contributed by atoms with Gasteiger partial charge in [0.1, 0.15) is 17.6 Å². The van der Waals surface area contributed by atoms with E-state index in [1.165, 1.54) is 30.8 Å². The van der Waals surface area contributed by atoms with Gasteiger partial charge in [-0.3, -0.25) is 4.72 Å². The third-order valence-corrected chi connectivity index (χ3v) is 6.75. The van der Waals surface area contributed by atoms with E-state index >= 15 is 0 Å². The number of nitrogens with one attached hydrogen (secondary N) is 1. The fraction of sp³-hybridized carbons (Fsp3) is 0.0526. The third kappa shape index (κ3) is 4.22. The fourth-order valence-electron chi connectivity index (χ4n) is 2.71. The van der Waals surface area contributed by atoms with Crippen molar-refractivity contribution < 1.29 is 17.6 Å². The number of hydrogen-bond donors (Lipinski definition) is 1. The molecule has 0 aliphatic rings. The molecule has 2 heterocycles. The van der Waals surface area contributed by atoms with E-state index in [-0.39, 0.29) is 27.2 Å². The van der Waals surface area contributed by atoms with Crippen LogP contribution in [0.5, 0.6) is 11.5 Å². The van der Waals surface area contributed by atoms with Crippen LogP contribution < -0.4 is 9.46 Å². The monoisotopic (exact) mass is 473 g/mol. The van der Waals surface area contributed by atoms with Crippen LogP contribution in [0.15, 0.2) is 57.6 Å². The summed E-state index contributed by atoms with van der Waals surface area (Å²) >= 11 is 7.36. The topological polar surface area (TPSA) is 131 Å². The van der Waals surface area contributed by atoms with E-state index in [4.69, 9.17) is 20.8 Å². The Hall–Kier alpha value is -3.46. The molecule has 4 rings (SSSR count). The van der Waals surface area contributed by atoms with E-state index in [2.05, 4.69) is 19.9 Å². The number of thiazole rings is 1. The summed E-state index contributed by atoms with van der Waals surface area (Å²) in [6, 6.07) is 9.15. The Balaban J connectivity index is 1.71. The minimum absolute atomic E-state index is 0.0195. The molecule has 156 valence electrons. The zero-order valence-electron chi connectivity index (χ0n) is 15.7. The van der Waals surface area contributed by atoms with Gasteiger partial charge in [0.15, 0.2) is 5.13 Å². The van der Waals surface area contributed by atoms with Crippen molar-refractivity contribution in [2.24, 2.45) is 0 Å². The zero-order chi connectivity index (χ0) is 22.0. The molecule has 1 N–H and O–H groups in total. The van der Waals surface area contributed by atoms with E-state index in [9.17, 15) is 13.7 Å². The van der Waals surface area contributed by atoms with Gasteiger partial charge in [0.25, 0.3) is 15.9 Å². The van der Waals surface area contributed by atoms with Gasteiger partial charge in [-0.15, -0.1) is 21.5 Å². The Morgan fingerprint density at radius 1 is 1.26 bits per heavy atom. The Labute approximate surface area is 186 Å². The molecule has 0 atom stereocenters. The number of benzene rings is 2. The molecule has 0 aliphatic carbocycles. The van der Waals surface area contributed by atoms with Crippen LogP contribution in [-0.4, -0.2) is 23.6 Å². The highest BCUT2D eigenvalue weighted by molar-refractivity contribution is 7.93. The second kappa shape index (κ2) is 8.35. The summed E-state index contributed by atoms with van der Waals surface area (Å²) in [4.78, 5) is 3.80. The van der Waals surface area contributed by atoms with E-state index in [0.717, 1.165) is 11.3 Å². The Morgan fingerprint density at radius 3 is 2.74 bits per heavy atom. The highest BCUT2D eigenvalue weighted by atomic mass is 35.5. The number of sulfonamides is 1. The van der Waals surface area contributed by atoms with Gasteiger partial charge < -0.3 is 9.15 Å². The highest BCUT2D eigenvalue weighted by Crippen LogP contribution is 2.39. The first-order valence-electron chi connectivity index (χ1n) is 8.59. The standard InChI is InChI=1S/C19H12ClN5O4S2/c1-11-14(20)3-5-16(17(11)18-24-23-10-28-18)29-15-4-2-13(8-12(15)9-21)31(26,27)25-19-22-6-7-30-19/h2-8,10H,1H3,(H,22,25). The van der Waals surface area contributed by atoms with Gasteiger partial charge in [0, 0.05) is 16.6 Å². The number of hydrogen-bond acceptors (Lipinski definition) is 9. The lowest BCUT2D eigenvalue weighted by atomic mass is 10.1. The van der Waals surface area contributed by atoms with E-state index in [0.29, 0.717) is 21.9 Å². The Kier molecular flexibility index (Phi) is 5.60. The van der Waals surface area contributed by atoms with Crippen LogP contribution in [0.4, 0.5) is 5.13 Å². The number of anilines is 1. The number of nitrogens with zero attached hydrogens (tertiary/aromatic N) is 4. The average molecular weight is 474 g/mol. The van der Waals surface area contributed by atoms with Gasteiger partial charge in [-0.25, -0.2) is 13.4 Å². The van der Waals surface area contributed by atoms with E-state index < -0.39 is 10.0 Å². The van der Waals surface area contributed by atoms with E-state index in [1.807, 2.05) is 6.07 Å². The summed E-state index contributed by atoms with van der Waals surface area (Å²) in [5.74, 6) is 0.665. The van der Waals surface area contributed by atoms with Gasteiger partial charge in [0.2, 0.25) is 6.39 Å². The summed E-state index contributed by atoms with van der Waals surface area (Å²) in [7, 11) is -3.92. The normalized spacial score (nSPS) is 11.1. The second-order valence-corrected chi connectivity index (χ2v) is 9.09. The second-order valence-electron chi connectivity index (χ2n) is 6.10. The van der Waals surface area contributed by atoms with Crippen LogP contribution in [-0.2, 0) is 10.0 Å². The Bertz CT molecular complexity index is 1380. The predicted octanol–water partition coefficient (Wildman–Crippen LogP) is 4.62. The van der Waals surface area contributed by atoms with Crippen LogP contribution in [0.1, 0.15) is 11.1 Å². The van der Waals surface area contributed by atoms with Crippen LogP contribution in [0.3, 0.4) is 0 Å². The quantitative estimate of drug-likeness (QED) is 0.429. The first-order valence-corrected chi connectivity index (χ1v) is 11.3.